The number of aromatic carboxylic acids is 1. The van der Waals surface area contributed by atoms with Crippen LogP contribution in [0.4, 0.5) is 0 Å². The van der Waals surface area contributed by atoms with Crippen molar-refractivity contribution in [1.82, 2.24) is 23.3 Å². The third-order valence-electron chi connectivity index (χ3n) is 8.21. The number of nitrogens with zero attached hydrogens (tertiary/aromatic N) is 5. The summed E-state index contributed by atoms with van der Waals surface area (Å²) in [6.45, 7) is 0. The Labute approximate surface area is 273 Å². The van der Waals surface area contributed by atoms with Gasteiger partial charge >= 0.3 is 5.97 Å². The highest BCUT2D eigenvalue weighted by atomic mass is 32.1. The number of imidazole rings is 1. The number of carbonyl (C=O) groups is 1. The fourth-order valence-corrected chi connectivity index (χ4v) is 6.68. The Morgan fingerprint density at radius 3 is 1.79 bits per heavy atom. The average molecular weight is 628 g/mol. The predicted molar refractivity (Wildman–Crippen MR) is 189 cm³/mol. The van der Waals surface area contributed by atoms with Gasteiger partial charge in [0.1, 0.15) is 16.9 Å². The summed E-state index contributed by atoms with van der Waals surface area (Å²) >= 11 is 1.23. The van der Waals surface area contributed by atoms with Crippen molar-refractivity contribution in [3.63, 3.8) is 0 Å². The van der Waals surface area contributed by atoms with E-state index in [1.54, 1.807) is 42.7 Å². The van der Waals surface area contributed by atoms with Gasteiger partial charge in [0.15, 0.2) is 0 Å². The van der Waals surface area contributed by atoms with E-state index in [2.05, 4.69) is 94.5 Å². The molecule has 47 heavy (non-hydrogen) atoms. The molecule has 8 heteroatoms. The maximum atomic E-state index is 10.2. The van der Waals surface area contributed by atoms with Gasteiger partial charge < -0.3 is 5.11 Å². The van der Waals surface area contributed by atoms with Crippen LogP contribution >= 0.6 is 11.7 Å². The number of carboxylic acids is 1. The van der Waals surface area contributed by atoms with Crippen molar-refractivity contribution in [2.45, 2.75) is 0 Å². The largest absolute Gasteiger partial charge is 0.478 e. The highest BCUT2D eigenvalue weighted by Crippen LogP contribution is 2.41. The molecule has 0 aliphatic heterocycles. The number of hydrogen-bond acceptors (Lipinski definition) is 6. The maximum absolute atomic E-state index is 10.2. The molecule has 6 aromatic carbocycles. The van der Waals surface area contributed by atoms with E-state index >= 15 is 0 Å². The minimum absolute atomic E-state index is 0.331. The van der Waals surface area contributed by atoms with Crippen LogP contribution in [0.5, 0.6) is 0 Å². The van der Waals surface area contributed by atoms with Crippen LogP contribution in [0.3, 0.4) is 0 Å². The van der Waals surface area contributed by atoms with Gasteiger partial charge in [0.05, 0.1) is 28.3 Å². The van der Waals surface area contributed by atoms with E-state index in [1.165, 1.54) is 27.9 Å². The van der Waals surface area contributed by atoms with Crippen LogP contribution in [0.2, 0.25) is 0 Å². The molecule has 0 saturated heterocycles. The van der Waals surface area contributed by atoms with Crippen LogP contribution in [-0.4, -0.2) is 34.4 Å². The average Bonchev–Trinajstić information content (AvgIpc) is 3.79. The first-order chi connectivity index (χ1) is 23.2. The molecule has 0 spiro atoms. The number of fused-ring (bicyclic) bond motifs is 7. The van der Waals surface area contributed by atoms with Crippen LogP contribution in [0.15, 0.2) is 146 Å². The molecule has 3 heterocycles. The first kappa shape index (κ1) is 28.2. The Kier molecular flexibility index (Phi) is 7.16. The quantitative estimate of drug-likeness (QED) is 0.195. The number of rotatable bonds is 4. The first-order valence-electron chi connectivity index (χ1n) is 15.0. The molecule has 224 valence electrons. The SMILES string of the molecule is O=C(O)c1ccccc1.c1ccc(-n2c(-c3ccc(-c4ccncc4)c4nsnc34)nc3c4ccccc4c4ccccc4c32)cc1. The molecule has 1 N–H and O–H groups in total. The van der Waals surface area contributed by atoms with Crippen LogP contribution in [0.25, 0.3) is 71.8 Å². The summed E-state index contributed by atoms with van der Waals surface area (Å²) in [6.07, 6.45) is 3.61. The Morgan fingerprint density at radius 2 is 1.13 bits per heavy atom. The molecule has 0 unspecified atom stereocenters. The van der Waals surface area contributed by atoms with E-state index in [9.17, 15) is 4.79 Å². The van der Waals surface area contributed by atoms with Crippen molar-refractivity contribution in [3.8, 4) is 28.2 Å². The normalized spacial score (nSPS) is 11.1. The number of hydrogen-bond donors (Lipinski definition) is 1. The molecule has 0 saturated carbocycles. The van der Waals surface area contributed by atoms with Crippen molar-refractivity contribution in [2.24, 2.45) is 0 Å². The Morgan fingerprint density at radius 1 is 0.574 bits per heavy atom. The smallest absolute Gasteiger partial charge is 0.335 e. The number of benzene rings is 6. The molecular formula is C39H25N5O2S. The Hall–Kier alpha value is -6.25. The second-order valence-corrected chi connectivity index (χ2v) is 11.5. The molecule has 0 aliphatic carbocycles. The van der Waals surface area contributed by atoms with Crippen molar-refractivity contribution >= 4 is 61.3 Å². The van der Waals surface area contributed by atoms with E-state index in [4.69, 9.17) is 18.8 Å². The molecule has 0 bridgehead atoms. The Balaban J connectivity index is 0.000000314. The summed E-state index contributed by atoms with van der Waals surface area (Å²) in [5, 5.41) is 13.1. The van der Waals surface area contributed by atoms with Gasteiger partial charge in [-0.2, -0.15) is 8.75 Å². The maximum Gasteiger partial charge on any atom is 0.335 e. The molecule has 3 aromatic heterocycles. The lowest BCUT2D eigenvalue weighted by atomic mass is 10.00. The van der Waals surface area contributed by atoms with Gasteiger partial charge in [-0.05, 0) is 58.8 Å². The van der Waals surface area contributed by atoms with E-state index in [-0.39, 0.29) is 0 Å². The highest BCUT2D eigenvalue weighted by Gasteiger charge is 2.23. The number of para-hydroxylation sites is 1. The zero-order valence-electron chi connectivity index (χ0n) is 24.9. The standard InChI is InChI=1S/C32H19N5S.C7H6O2/c1-2-8-21(9-3-1)37-31-26-13-7-5-11-24(26)23-10-4-6-12-25(23)30(31)34-32(37)27-15-14-22(20-16-18-33-19-17-20)28-29(27)36-38-35-28;8-7(9)6-4-2-1-3-5-6/h1-19H;1-5H,(H,8,9). The molecular weight excluding hydrogens is 603 g/mol. The van der Waals surface area contributed by atoms with Gasteiger partial charge in [-0.1, -0.05) is 91.0 Å². The predicted octanol–water partition coefficient (Wildman–Crippen LogP) is 9.45. The molecule has 9 rings (SSSR count). The zero-order chi connectivity index (χ0) is 31.7. The fraction of sp³-hybridized carbons (Fsp3) is 0. The van der Waals surface area contributed by atoms with Gasteiger partial charge in [0, 0.05) is 40.0 Å². The third-order valence-corrected chi connectivity index (χ3v) is 8.74. The number of aromatic nitrogens is 5. The summed E-state index contributed by atoms with van der Waals surface area (Å²) in [4.78, 5) is 19.7. The van der Waals surface area contributed by atoms with E-state index in [0.29, 0.717) is 5.56 Å². The molecule has 0 aliphatic rings. The molecule has 9 aromatic rings. The molecule has 0 radical (unpaired) electrons. The minimum atomic E-state index is -0.879. The fourth-order valence-electron chi connectivity index (χ4n) is 6.11. The molecule has 7 nitrogen and oxygen atoms in total. The summed E-state index contributed by atoms with van der Waals surface area (Å²) in [5.41, 5.74) is 8.25. The lowest BCUT2D eigenvalue weighted by Gasteiger charge is -2.13. The van der Waals surface area contributed by atoms with Gasteiger partial charge in [-0.3, -0.25) is 9.55 Å². The van der Waals surface area contributed by atoms with Gasteiger partial charge in [0.2, 0.25) is 0 Å². The highest BCUT2D eigenvalue weighted by molar-refractivity contribution is 7.00. The minimum Gasteiger partial charge on any atom is -0.478 e. The van der Waals surface area contributed by atoms with Crippen molar-refractivity contribution in [3.05, 3.63) is 151 Å². The van der Waals surface area contributed by atoms with E-state index in [1.807, 2.05) is 18.2 Å². The van der Waals surface area contributed by atoms with Gasteiger partial charge in [-0.25, -0.2) is 9.78 Å². The van der Waals surface area contributed by atoms with Crippen LogP contribution in [0, 0.1) is 0 Å². The van der Waals surface area contributed by atoms with Crippen molar-refractivity contribution in [2.75, 3.05) is 0 Å². The summed E-state index contributed by atoms with van der Waals surface area (Å²) in [5.74, 6) is -0.0257. The summed E-state index contributed by atoms with van der Waals surface area (Å²) < 4.78 is 11.8. The van der Waals surface area contributed by atoms with E-state index < -0.39 is 5.97 Å². The first-order valence-corrected chi connectivity index (χ1v) is 15.7. The second kappa shape index (κ2) is 11.9. The molecule has 0 atom stereocenters. The molecule has 0 amide bonds. The topological polar surface area (TPSA) is 93.8 Å². The Bertz CT molecular complexity index is 2550. The van der Waals surface area contributed by atoms with Gasteiger partial charge in [-0.15, -0.1) is 0 Å². The lowest BCUT2D eigenvalue weighted by molar-refractivity contribution is 0.0697. The van der Waals surface area contributed by atoms with E-state index in [0.717, 1.165) is 55.7 Å². The lowest BCUT2D eigenvalue weighted by Crippen LogP contribution is -1.99. The second-order valence-electron chi connectivity index (χ2n) is 10.9. The number of carboxylic acid groups (broad SMARTS) is 1. The third kappa shape index (κ3) is 4.97. The van der Waals surface area contributed by atoms with Crippen LogP contribution in [-0.2, 0) is 0 Å². The summed E-state index contributed by atoms with van der Waals surface area (Å²) in [7, 11) is 0. The van der Waals surface area contributed by atoms with Crippen LogP contribution in [0.1, 0.15) is 10.4 Å². The monoisotopic (exact) mass is 627 g/mol. The summed E-state index contributed by atoms with van der Waals surface area (Å²) in [6, 6.07) is 44.2. The molecule has 0 fully saturated rings. The van der Waals surface area contributed by atoms with Crippen molar-refractivity contribution < 1.29 is 9.90 Å². The van der Waals surface area contributed by atoms with Gasteiger partial charge in [0.25, 0.3) is 0 Å². The van der Waals surface area contributed by atoms with Crippen molar-refractivity contribution in [1.29, 1.82) is 0 Å². The number of pyridine rings is 1. The zero-order valence-corrected chi connectivity index (χ0v) is 25.7. The van der Waals surface area contributed by atoms with Crippen LogP contribution < -0.4 is 0 Å².